The minimum Gasteiger partial charge on any atom is -0.475 e. The molecular formula is C13H10Br3NO3. The monoisotopic (exact) mass is 465 g/mol. The van der Waals surface area contributed by atoms with E-state index in [1.807, 2.05) is 19.1 Å². The van der Waals surface area contributed by atoms with E-state index in [4.69, 9.17) is 9.52 Å². The molecule has 1 aromatic carbocycles. The molecule has 0 aliphatic carbocycles. The van der Waals surface area contributed by atoms with Gasteiger partial charge in [-0.2, -0.15) is 0 Å². The minimum absolute atomic E-state index is 0.0670. The van der Waals surface area contributed by atoms with Crippen molar-refractivity contribution in [2.75, 3.05) is 5.32 Å². The first-order valence-corrected chi connectivity index (χ1v) is 8.00. The van der Waals surface area contributed by atoms with E-state index in [1.165, 1.54) is 6.07 Å². The van der Waals surface area contributed by atoms with Crippen molar-refractivity contribution < 1.29 is 14.3 Å². The summed E-state index contributed by atoms with van der Waals surface area (Å²) >= 11 is 10.4. The number of aromatic carboxylic acids is 1. The molecule has 2 N–H and O–H groups in total. The molecule has 0 aliphatic rings. The van der Waals surface area contributed by atoms with Crippen molar-refractivity contribution in [2.45, 2.75) is 13.0 Å². The molecule has 0 saturated carbocycles. The highest BCUT2D eigenvalue weighted by molar-refractivity contribution is 9.11. The second-order valence-corrected chi connectivity index (χ2v) is 6.74. The van der Waals surface area contributed by atoms with E-state index in [0.717, 1.165) is 19.1 Å². The van der Waals surface area contributed by atoms with Crippen molar-refractivity contribution in [3.63, 3.8) is 0 Å². The fourth-order valence-corrected chi connectivity index (χ4v) is 4.16. The van der Waals surface area contributed by atoms with Gasteiger partial charge in [0.15, 0.2) is 0 Å². The Bertz CT molecular complexity index is 631. The maximum absolute atomic E-state index is 10.8. The third-order valence-electron chi connectivity index (χ3n) is 2.63. The predicted octanol–water partition coefficient (Wildman–Crippen LogP) is 5.44. The van der Waals surface area contributed by atoms with E-state index in [1.54, 1.807) is 6.07 Å². The Morgan fingerprint density at radius 3 is 2.35 bits per heavy atom. The third kappa shape index (κ3) is 3.45. The molecule has 0 spiro atoms. The standard InChI is InChI=1S/C13H10Br3NO3/c1-6(10-2-3-11(20-10)13(18)19)17-12-8(15)4-7(14)5-9(12)16/h2-6,17H,1H3,(H,18,19). The van der Waals surface area contributed by atoms with E-state index < -0.39 is 5.97 Å². The quantitative estimate of drug-likeness (QED) is 0.628. The van der Waals surface area contributed by atoms with Crippen molar-refractivity contribution in [2.24, 2.45) is 0 Å². The van der Waals surface area contributed by atoms with Gasteiger partial charge in [-0.3, -0.25) is 0 Å². The number of benzene rings is 1. The summed E-state index contributed by atoms with van der Waals surface area (Å²) in [6.45, 7) is 1.89. The highest BCUT2D eigenvalue weighted by Crippen LogP contribution is 2.36. The van der Waals surface area contributed by atoms with Gasteiger partial charge in [-0.1, -0.05) is 15.9 Å². The lowest BCUT2D eigenvalue weighted by Crippen LogP contribution is -2.07. The van der Waals surface area contributed by atoms with Crippen molar-refractivity contribution in [3.05, 3.63) is 49.2 Å². The van der Waals surface area contributed by atoms with Gasteiger partial charge in [0.05, 0.1) is 11.7 Å². The van der Waals surface area contributed by atoms with Crippen LogP contribution in [0.15, 0.2) is 42.1 Å². The predicted molar refractivity (Wildman–Crippen MR) is 87.2 cm³/mol. The van der Waals surface area contributed by atoms with Gasteiger partial charge in [0, 0.05) is 13.4 Å². The first-order chi connectivity index (χ1) is 9.38. The van der Waals surface area contributed by atoms with E-state index in [9.17, 15) is 4.79 Å². The number of carbonyl (C=O) groups is 1. The molecular weight excluding hydrogens is 458 g/mol. The van der Waals surface area contributed by atoms with Crippen LogP contribution in [0, 0.1) is 0 Å². The minimum atomic E-state index is -1.07. The van der Waals surface area contributed by atoms with Crippen LogP contribution in [-0.4, -0.2) is 11.1 Å². The molecule has 1 aromatic heterocycles. The molecule has 0 saturated heterocycles. The number of rotatable bonds is 4. The molecule has 0 fully saturated rings. The van der Waals surface area contributed by atoms with Crippen LogP contribution in [0.5, 0.6) is 0 Å². The van der Waals surface area contributed by atoms with E-state index in [2.05, 4.69) is 53.1 Å². The lowest BCUT2D eigenvalue weighted by Gasteiger charge is -2.16. The Morgan fingerprint density at radius 2 is 1.85 bits per heavy atom. The summed E-state index contributed by atoms with van der Waals surface area (Å²) in [5.74, 6) is -0.582. The van der Waals surface area contributed by atoms with Crippen LogP contribution in [0.25, 0.3) is 0 Å². The Labute approximate surface area is 140 Å². The number of hydrogen-bond acceptors (Lipinski definition) is 3. The van der Waals surface area contributed by atoms with Crippen LogP contribution in [-0.2, 0) is 0 Å². The number of hydrogen-bond donors (Lipinski definition) is 2. The third-order valence-corrected chi connectivity index (χ3v) is 4.34. The van der Waals surface area contributed by atoms with Crippen molar-refractivity contribution in [3.8, 4) is 0 Å². The fourth-order valence-electron chi connectivity index (χ4n) is 1.67. The maximum atomic E-state index is 10.8. The molecule has 0 amide bonds. The van der Waals surface area contributed by atoms with E-state index in [0.29, 0.717) is 5.76 Å². The molecule has 1 unspecified atom stereocenters. The molecule has 4 nitrogen and oxygen atoms in total. The SMILES string of the molecule is CC(Nc1c(Br)cc(Br)cc1Br)c1ccc(C(=O)O)o1. The van der Waals surface area contributed by atoms with Crippen LogP contribution in [0.3, 0.4) is 0 Å². The lowest BCUT2D eigenvalue weighted by atomic mass is 10.2. The molecule has 1 heterocycles. The number of nitrogens with one attached hydrogen (secondary N) is 1. The lowest BCUT2D eigenvalue weighted by molar-refractivity contribution is 0.0660. The highest BCUT2D eigenvalue weighted by Gasteiger charge is 2.16. The summed E-state index contributed by atoms with van der Waals surface area (Å²) in [5.41, 5.74) is 0.869. The Morgan fingerprint density at radius 1 is 1.25 bits per heavy atom. The Kier molecular flexibility index (Phi) is 4.93. The molecule has 0 aliphatic heterocycles. The number of anilines is 1. The zero-order chi connectivity index (χ0) is 14.9. The van der Waals surface area contributed by atoms with E-state index in [-0.39, 0.29) is 11.8 Å². The molecule has 1 atom stereocenters. The summed E-state index contributed by atoms with van der Waals surface area (Å²) in [6, 6.07) is 6.77. The average Bonchev–Trinajstić information content (AvgIpc) is 2.83. The summed E-state index contributed by atoms with van der Waals surface area (Å²) in [5, 5.41) is 12.1. The summed E-state index contributed by atoms with van der Waals surface area (Å²) in [4.78, 5) is 10.8. The van der Waals surface area contributed by atoms with Crippen molar-refractivity contribution in [1.82, 2.24) is 0 Å². The van der Waals surface area contributed by atoms with Gasteiger partial charge < -0.3 is 14.8 Å². The average molecular weight is 468 g/mol. The number of halogens is 3. The zero-order valence-electron chi connectivity index (χ0n) is 10.3. The first kappa shape index (κ1) is 15.6. The second-order valence-electron chi connectivity index (χ2n) is 4.12. The summed E-state index contributed by atoms with van der Waals surface area (Å²) in [6.07, 6.45) is 0. The van der Waals surface area contributed by atoms with Crippen LogP contribution in [0.4, 0.5) is 5.69 Å². The normalized spacial score (nSPS) is 12.2. The Balaban J connectivity index is 2.23. The van der Waals surface area contributed by atoms with Crippen LogP contribution >= 0.6 is 47.8 Å². The molecule has 2 aromatic rings. The molecule has 7 heteroatoms. The van der Waals surface area contributed by atoms with Crippen molar-refractivity contribution in [1.29, 1.82) is 0 Å². The van der Waals surface area contributed by atoms with Gasteiger partial charge in [0.2, 0.25) is 5.76 Å². The van der Waals surface area contributed by atoms with Crippen LogP contribution < -0.4 is 5.32 Å². The molecule has 20 heavy (non-hydrogen) atoms. The smallest absolute Gasteiger partial charge is 0.371 e. The van der Waals surface area contributed by atoms with E-state index >= 15 is 0 Å². The van der Waals surface area contributed by atoms with Gasteiger partial charge in [0.25, 0.3) is 0 Å². The van der Waals surface area contributed by atoms with Gasteiger partial charge in [-0.15, -0.1) is 0 Å². The molecule has 0 bridgehead atoms. The maximum Gasteiger partial charge on any atom is 0.371 e. The number of furan rings is 1. The van der Waals surface area contributed by atoms with Gasteiger partial charge in [0.1, 0.15) is 5.76 Å². The number of carboxylic acid groups (broad SMARTS) is 1. The molecule has 0 radical (unpaired) electrons. The largest absolute Gasteiger partial charge is 0.475 e. The summed E-state index contributed by atoms with van der Waals surface area (Å²) in [7, 11) is 0. The molecule has 2 rings (SSSR count). The molecule has 106 valence electrons. The van der Waals surface area contributed by atoms with Crippen molar-refractivity contribution >= 4 is 59.4 Å². The first-order valence-electron chi connectivity index (χ1n) is 5.62. The van der Waals surface area contributed by atoms with Crippen LogP contribution in [0.1, 0.15) is 29.3 Å². The Hall–Kier alpha value is -0.790. The number of carboxylic acids is 1. The summed E-state index contributed by atoms with van der Waals surface area (Å²) < 4.78 is 8.00. The van der Waals surface area contributed by atoms with Crippen LogP contribution in [0.2, 0.25) is 0 Å². The fraction of sp³-hybridized carbons (Fsp3) is 0.154. The topological polar surface area (TPSA) is 62.5 Å². The van der Waals surface area contributed by atoms with Gasteiger partial charge in [-0.25, -0.2) is 4.79 Å². The zero-order valence-corrected chi connectivity index (χ0v) is 15.0. The second kappa shape index (κ2) is 6.32. The highest BCUT2D eigenvalue weighted by atomic mass is 79.9. The van der Waals surface area contributed by atoms with Gasteiger partial charge in [-0.05, 0) is 63.0 Å². The van der Waals surface area contributed by atoms with Gasteiger partial charge >= 0.3 is 5.97 Å².